The molecule has 0 spiro atoms. The summed E-state index contributed by atoms with van der Waals surface area (Å²) in [7, 11) is 0. The summed E-state index contributed by atoms with van der Waals surface area (Å²) in [5.74, 6) is -4.04. The van der Waals surface area contributed by atoms with Gasteiger partial charge in [0.2, 0.25) is 0 Å². The zero-order valence-corrected chi connectivity index (χ0v) is 8.51. The van der Waals surface area contributed by atoms with Gasteiger partial charge in [-0.3, -0.25) is 0 Å². The number of aliphatic hydroxyl groups excluding tert-OH is 1. The second-order valence-corrected chi connectivity index (χ2v) is 3.87. The fraction of sp³-hybridized carbons (Fsp3) is 0.333. The fourth-order valence-electron chi connectivity index (χ4n) is 1.89. The third-order valence-corrected chi connectivity index (χ3v) is 2.75. The van der Waals surface area contributed by atoms with Gasteiger partial charge in [0, 0.05) is 0 Å². The quantitative estimate of drug-likeness (QED) is 0.608. The zero-order chi connectivity index (χ0) is 11.7. The third-order valence-electron chi connectivity index (χ3n) is 2.75. The fourth-order valence-corrected chi connectivity index (χ4v) is 1.89. The van der Waals surface area contributed by atoms with Crippen molar-refractivity contribution in [3.63, 3.8) is 0 Å². The number of rotatable bonds is 2. The molecule has 1 nitrogen and oxygen atoms in total. The SMILES string of the molecule is OC(C1=CCCC1)c1cc(F)c(F)c(F)c1. The molecule has 0 saturated heterocycles. The van der Waals surface area contributed by atoms with Crippen molar-refractivity contribution in [3.05, 3.63) is 46.8 Å². The van der Waals surface area contributed by atoms with E-state index in [1.165, 1.54) is 0 Å². The van der Waals surface area contributed by atoms with Crippen LogP contribution in [0.5, 0.6) is 0 Å². The van der Waals surface area contributed by atoms with Gasteiger partial charge in [-0.25, -0.2) is 13.2 Å². The monoisotopic (exact) mass is 228 g/mol. The number of hydrogen-bond donors (Lipinski definition) is 1. The minimum absolute atomic E-state index is 0.0598. The number of benzene rings is 1. The summed E-state index contributed by atoms with van der Waals surface area (Å²) in [6, 6.07) is 1.67. The van der Waals surface area contributed by atoms with Gasteiger partial charge in [0.25, 0.3) is 0 Å². The van der Waals surface area contributed by atoms with E-state index < -0.39 is 23.6 Å². The van der Waals surface area contributed by atoms with Gasteiger partial charge in [0.05, 0.1) is 0 Å². The molecule has 0 bridgehead atoms. The highest BCUT2D eigenvalue weighted by Gasteiger charge is 2.20. The van der Waals surface area contributed by atoms with Crippen LogP contribution in [0.2, 0.25) is 0 Å². The molecular formula is C12H11F3O. The lowest BCUT2D eigenvalue weighted by molar-refractivity contribution is 0.211. The van der Waals surface area contributed by atoms with Crippen LogP contribution >= 0.6 is 0 Å². The van der Waals surface area contributed by atoms with Crippen molar-refractivity contribution in [2.45, 2.75) is 25.4 Å². The van der Waals surface area contributed by atoms with Crippen LogP contribution in [0.1, 0.15) is 30.9 Å². The maximum absolute atomic E-state index is 12.9. The lowest BCUT2D eigenvalue weighted by Gasteiger charge is -2.12. The molecule has 0 aromatic heterocycles. The van der Waals surface area contributed by atoms with Gasteiger partial charge in [0.1, 0.15) is 6.10 Å². The number of aliphatic hydroxyl groups is 1. The highest BCUT2D eigenvalue weighted by molar-refractivity contribution is 5.29. The topological polar surface area (TPSA) is 20.2 Å². The van der Waals surface area contributed by atoms with Gasteiger partial charge in [-0.05, 0) is 42.5 Å². The van der Waals surface area contributed by atoms with Crippen LogP contribution in [0.4, 0.5) is 13.2 Å². The average Bonchev–Trinajstić information content (AvgIpc) is 2.77. The van der Waals surface area contributed by atoms with Crippen LogP contribution < -0.4 is 0 Å². The van der Waals surface area contributed by atoms with Crippen molar-refractivity contribution in [2.24, 2.45) is 0 Å². The summed E-state index contributed by atoms with van der Waals surface area (Å²) in [6.45, 7) is 0. The Hall–Kier alpha value is -1.29. The van der Waals surface area contributed by atoms with Gasteiger partial charge in [-0.2, -0.15) is 0 Å². The van der Waals surface area contributed by atoms with Crippen LogP contribution in [-0.2, 0) is 0 Å². The summed E-state index contributed by atoms with van der Waals surface area (Å²) in [6.07, 6.45) is 3.31. The molecule has 16 heavy (non-hydrogen) atoms. The second-order valence-electron chi connectivity index (χ2n) is 3.87. The first-order valence-corrected chi connectivity index (χ1v) is 5.11. The van der Waals surface area contributed by atoms with E-state index in [9.17, 15) is 18.3 Å². The van der Waals surface area contributed by atoms with Gasteiger partial charge in [-0.15, -0.1) is 0 Å². The van der Waals surface area contributed by atoms with Gasteiger partial charge in [0.15, 0.2) is 17.5 Å². The second kappa shape index (κ2) is 4.29. The van der Waals surface area contributed by atoms with Crippen molar-refractivity contribution in [1.82, 2.24) is 0 Å². The molecular weight excluding hydrogens is 217 g/mol. The molecule has 4 heteroatoms. The largest absolute Gasteiger partial charge is 0.384 e. The van der Waals surface area contributed by atoms with Crippen molar-refractivity contribution in [2.75, 3.05) is 0 Å². The lowest BCUT2D eigenvalue weighted by Crippen LogP contribution is -2.03. The minimum atomic E-state index is -1.50. The maximum atomic E-state index is 12.9. The molecule has 1 N–H and O–H groups in total. The number of hydrogen-bond acceptors (Lipinski definition) is 1. The van der Waals surface area contributed by atoms with Crippen molar-refractivity contribution >= 4 is 0 Å². The van der Waals surface area contributed by atoms with Gasteiger partial charge in [-0.1, -0.05) is 6.08 Å². The van der Waals surface area contributed by atoms with Crippen LogP contribution in [-0.4, -0.2) is 5.11 Å². The Morgan fingerprint density at radius 2 is 1.75 bits per heavy atom. The van der Waals surface area contributed by atoms with E-state index in [2.05, 4.69) is 0 Å². The normalized spacial score (nSPS) is 17.4. The molecule has 1 unspecified atom stereocenters. The Kier molecular flexibility index (Phi) is 3.01. The molecule has 0 fully saturated rings. The van der Waals surface area contributed by atoms with E-state index >= 15 is 0 Å². The summed E-state index contributed by atoms with van der Waals surface area (Å²) in [5, 5.41) is 9.84. The predicted molar refractivity (Wildman–Crippen MR) is 53.2 cm³/mol. The summed E-state index contributed by atoms with van der Waals surface area (Å²) in [4.78, 5) is 0. The van der Waals surface area contributed by atoms with E-state index in [-0.39, 0.29) is 5.56 Å². The van der Waals surface area contributed by atoms with Crippen molar-refractivity contribution in [1.29, 1.82) is 0 Å². The first-order valence-electron chi connectivity index (χ1n) is 5.11. The molecule has 1 atom stereocenters. The van der Waals surface area contributed by atoms with Crippen LogP contribution in [0, 0.1) is 17.5 Å². The van der Waals surface area contributed by atoms with Gasteiger partial charge >= 0.3 is 0 Å². The van der Waals surface area contributed by atoms with Crippen LogP contribution in [0.3, 0.4) is 0 Å². The van der Waals surface area contributed by atoms with E-state index in [0.717, 1.165) is 30.5 Å². The molecule has 1 aliphatic rings. The lowest BCUT2D eigenvalue weighted by atomic mass is 10.0. The van der Waals surface area contributed by atoms with Crippen molar-refractivity contribution in [3.8, 4) is 0 Å². The predicted octanol–water partition coefficient (Wildman–Crippen LogP) is 3.25. The van der Waals surface area contributed by atoms with Crippen molar-refractivity contribution < 1.29 is 18.3 Å². The molecule has 1 aromatic carbocycles. The first kappa shape index (κ1) is 11.2. The maximum Gasteiger partial charge on any atom is 0.194 e. The Bertz CT molecular complexity index is 417. The summed E-state index contributed by atoms with van der Waals surface area (Å²) >= 11 is 0. The number of halogens is 3. The molecule has 0 saturated carbocycles. The molecule has 0 radical (unpaired) electrons. The standard InChI is InChI=1S/C12H11F3O/c13-9-5-8(6-10(14)11(9)15)12(16)7-3-1-2-4-7/h3,5-6,12,16H,1-2,4H2. The highest BCUT2D eigenvalue weighted by Crippen LogP contribution is 2.31. The third kappa shape index (κ3) is 1.97. The molecule has 1 aliphatic carbocycles. The average molecular weight is 228 g/mol. The van der Waals surface area contributed by atoms with Gasteiger partial charge < -0.3 is 5.11 Å². The number of allylic oxidation sites excluding steroid dienone is 1. The highest BCUT2D eigenvalue weighted by atomic mass is 19.2. The molecule has 1 aromatic rings. The molecule has 2 rings (SSSR count). The minimum Gasteiger partial charge on any atom is -0.384 e. The Morgan fingerprint density at radius 3 is 2.25 bits per heavy atom. The summed E-state index contributed by atoms with van der Waals surface area (Å²) < 4.78 is 38.6. The van der Waals surface area contributed by atoms with Crippen LogP contribution in [0.25, 0.3) is 0 Å². The van der Waals surface area contributed by atoms with E-state index in [1.807, 2.05) is 6.08 Å². The zero-order valence-electron chi connectivity index (χ0n) is 8.51. The van der Waals surface area contributed by atoms with E-state index in [0.29, 0.717) is 6.42 Å². The Morgan fingerprint density at radius 1 is 1.12 bits per heavy atom. The molecule has 86 valence electrons. The van der Waals surface area contributed by atoms with E-state index in [1.54, 1.807) is 0 Å². The van der Waals surface area contributed by atoms with E-state index in [4.69, 9.17) is 0 Å². The molecule has 0 aliphatic heterocycles. The molecule has 0 heterocycles. The summed E-state index contributed by atoms with van der Waals surface area (Å²) in [5.41, 5.74) is 0.801. The Balaban J connectivity index is 2.33. The Labute approximate surface area is 91.2 Å². The van der Waals surface area contributed by atoms with Crippen LogP contribution in [0.15, 0.2) is 23.8 Å². The molecule has 0 amide bonds. The smallest absolute Gasteiger partial charge is 0.194 e. The first-order chi connectivity index (χ1) is 7.59.